The van der Waals surface area contributed by atoms with Gasteiger partial charge in [-0.05, 0) is 37.1 Å². The van der Waals surface area contributed by atoms with Crippen molar-refractivity contribution in [2.45, 2.75) is 20.0 Å². The van der Waals surface area contributed by atoms with Crippen LogP contribution in [0, 0.1) is 13.8 Å². The maximum Gasteiger partial charge on any atom is 0.136 e. The minimum absolute atomic E-state index is 0.151. The molecule has 2 aromatic carbocycles. The molecule has 0 aliphatic rings. The van der Waals surface area contributed by atoms with Crippen molar-refractivity contribution in [3.63, 3.8) is 0 Å². The molecule has 0 saturated carbocycles. The number of rotatable bonds is 5. The van der Waals surface area contributed by atoms with E-state index in [1.807, 2.05) is 24.3 Å². The molecule has 0 aromatic heterocycles. The summed E-state index contributed by atoms with van der Waals surface area (Å²) in [6.07, 6.45) is -0.151. The molecular formula is C17H21NO2. The van der Waals surface area contributed by atoms with Crippen molar-refractivity contribution in [3.05, 3.63) is 59.2 Å². The molecule has 0 fully saturated rings. The van der Waals surface area contributed by atoms with E-state index in [9.17, 15) is 0 Å². The molecule has 106 valence electrons. The van der Waals surface area contributed by atoms with Crippen LogP contribution in [0.2, 0.25) is 0 Å². The summed E-state index contributed by atoms with van der Waals surface area (Å²) in [5.74, 6) is 1.54. The number of hydrogen-bond donors (Lipinski definition) is 1. The quantitative estimate of drug-likeness (QED) is 0.906. The fourth-order valence-corrected chi connectivity index (χ4v) is 2.18. The van der Waals surface area contributed by atoms with Gasteiger partial charge in [0.05, 0.1) is 7.11 Å². The first-order chi connectivity index (χ1) is 9.63. The minimum atomic E-state index is -0.151. The van der Waals surface area contributed by atoms with Gasteiger partial charge in [0.15, 0.2) is 0 Å². The molecule has 1 unspecified atom stereocenters. The summed E-state index contributed by atoms with van der Waals surface area (Å²) in [4.78, 5) is 0. The van der Waals surface area contributed by atoms with Gasteiger partial charge in [0.1, 0.15) is 17.6 Å². The molecule has 0 saturated heterocycles. The molecule has 2 N–H and O–H groups in total. The molecule has 0 heterocycles. The molecule has 0 radical (unpaired) electrons. The van der Waals surface area contributed by atoms with Crippen molar-refractivity contribution in [2.75, 3.05) is 13.7 Å². The molecule has 3 nitrogen and oxygen atoms in total. The lowest BCUT2D eigenvalue weighted by Crippen LogP contribution is -2.19. The highest BCUT2D eigenvalue weighted by Gasteiger charge is 2.14. The normalized spacial score (nSPS) is 12.0. The third kappa shape index (κ3) is 3.31. The second-order valence-corrected chi connectivity index (χ2v) is 4.88. The van der Waals surface area contributed by atoms with E-state index in [1.165, 1.54) is 11.1 Å². The summed E-state index contributed by atoms with van der Waals surface area (Å²) in [5, 5.41) is 0. The van der Waals surface area contributed by atoms with Crippen LogP contribution in [-0.2, 0) is 0 Å². The van der Waals surface area contributed by atoms with Crippen LogP contribution in [0.4, 0.5) is 0 Å². The van der Waals surface area contributed by atoms with Gasteiger partial charge in [0.2, 0.25) is 0 Å². The van der Waals surface area contributed by atoms with Crippen molar-refractivity contribution in [2.24, 2.45) is 5.73 Å². The summed E-state index contributed by atoms with van der Waals surface area (Å²) in [5.41, 5.74) is 9.42. The van der Waals surface area contributed by atoms with Gasteiger partial charge in [-0.2, -0.15) is 0 Å². The number of methoxy groups -OCH3 is 1. The highest BCUT2D eigenvalue weighted by molar-refractivity contribution is 5.36. The average molecular weight is 271 g/mol. The Morgan fingerprint density at radius 2 is 1.80 bits per heavy atom. The summed E-state index contributed by atoms with van der Waals surface area (Å²) in [6.45, 7) is 4.58. The second-order valence-electron chi connectivity index (χ2n) is 4.88. The Hall–Kier alpha value is -2.00. The highest BCUT2D eigenvalue weighted by atomic mass is 16.5. The van der Waals surface area contributed by atoms with Crippen LogP contribution in [0.15, 0.2) is 42.5 Å². The first-order valence-corrected chi connectivity index (χ1v) is 6.72. The number of nitrogens with two attached hydrogens (primary N) is 1. The molecule has 1 atom stereocenters. The van der Waals surface area contributed by atoms with E-state index < -0.39 is 0 Å². The van der Waals surface area contributed by atoms with Gasteiger partial charge in [-0.25, -0.2) is 0 Å². The van der Waals surface area contributed by atoms with Crippen LogP contribution < -0.4 is 15.2 Å². The average Bonchev–Trinajstić information content (AvgIpc) is 2.47. The van der Waals surface area contributed by atoms with Gasteiger partial charge in [-0.15, -0.1) is 0 Å². The molecule has 0 aliphatic carbocycles. The summed E-state index contributed by atoms with van der Waals surface area (Å²) >= 11 is 0. The zero-order valence-corrected chi connectivity index (χ0v) is 12.2. The van der Waals surface area contributed by atoms with E-state index in [-0.39, 0.29) is 6.10 Å². The van der Waals surface area contributed by atoms with Gasteiger partial charge in [-0.3, -0.25) is 0 Å². The van der Waals surface area contributed by atoms with Gasteiger partial charge in [0.25, 0.3) is 0 Å². The third-order valence-electron chi connectivity index (χ3n) is 3.32. The van der Waals surface area contributed by atoms with Crippen LogP contribution in [0.3, 0.4) is 0 Å². The third-order valence-corrected chi connectivity index (χ3v) is 3.32. The summed E-state index contributed by atoms with van der Waals surface area (Å²) in [6, 6.07) is 13.9. The Morgan fingerprint density at radius 1 is 1.05 bits per heavy atom. The first-order valence-electron chi connectivity index (χ1n) is 6.72. The number of ether oxygens (including phenoxy) is 2. The number of aryl methyl sites for hydroxylation is 2. The largest absolute Gasteiger partial charge is 0.497 e. The van der Waals surface area contributed by atoms with Crippen LogP contribution in [0.25, 0.3) is 0 Å². The number of benzene rings is 2. The fourth-order valence-electron chi connectivity index (χ4n) is 2.18. The van der Waals surface area contributed by atoms with Gasteiger partial charge in [-0.1, -0.05) is 29.8 Å². The van der Waals surface area contributed by atoms with Crippen molar-refractivity contribution in [3.8, 4) is 11.5 Å². The SMILES string of the molecule is COc1cccc(OC(CN)c2cc(C)ccc2C)c1. The Balaban J connectivity index is 2.26. The number of hydrogen-bond acceptors (Lipinski definition) is 3. The molecule has 3 heteroatoms. The maximum atomic E-state index is 6.02. The molecule has 2 aromatic rings. The Morgan fingerprint density at radius 3 is 2.50 bits per heavy atom. The van der Waals surface area contributed by atoms with Crippen LogP contribution >= 0.6 is 0 Å². The van der Waals surface area contributed by atoms with E-state index in [0.29, 0.717) is 6.54 Å². The predicted octanol–water partition coefficient (Wildman–Crippen LogP) is 3.39. The van der Waals surface area contributed by atoms with Crippen molar-refractivity contribution < 1.29 is 9.47 Å². The van der Waals surface area contributed by atoms with E-state index >= 15 is 0 Å². The van der Waals surface area contributed by atoms with Crippen LogP contribution in [-0.4, -0.2) is 13.7 Å². The lowest BCUT2D eigenvalue weighted by atomic mass is 10.0. The highest BCUT2D eigenvalue weighted by Crippen LogP contribution is 2.27. The Bertz CT molecular complexity index is 581. The topological polar surface area (TPSA) is 44.5 Å². The standard InChI is InChI=1S/C17H21NO2/c1-12-7-8-13(2)16(9-12)17(11-18)20-15-6-4-5-14(10-15)19-3/h4-10,17H,11,18H2,1-3H3. The van der Waals surface area contributed by atoms with E-state index in [1.54, 1.807) is 7.11 Å². The van der Waals surface area contributed by atoms with E-state index in [2.05, 4.69) is 32.0 Å². The van der Waals surface area contributed by atoms with Crippen molar-refractivity contribution in [1.82, 2.24) is 0 Å². The molecule has 20 heavy (non-hydrogen) atoms. The maximum absolute atomic E-state index is 6.02. The first kappa shape index (κ1) is 14.4. The van der Waals surface area contributed by atoms with Crippen molar-refractivity contribution >= 4 is 0 Å². The molecule has 0 amide bonds. The summed E-state index contributed by atoms with van der Waals surface area (Å²) < 4.78 is 11.2. The molecule has 2 rings (SSSR count). The smallest absolute Gasteiger partial charge is 0.136 e. The van der Waals surface area contributed by atoms with Crippen molar-refractivity contribution in [1.29, 1.82) is 0 Å². The van der Waals surface area contributed by atoms with Gasteiger partial charge in [0, 0.05) is 12.6 Å². The lowest BCUT2D eigenvalue weighted by Gasteiger charge is -2.20. The predicted molar refractivity (Wildman–Crippen MR) is 81.3 cm³/mol. The Kier molecular flexibility index (Phi) is 4.64. The molecule has 0 aliphatic heterocycles. The summed E-state index contributed by atoms with van der Waals surface area (Å²) in [7, 11) is 1.64. The zero-order chi connectivity index (χ0) is 14.5. The second kappa shape index (κ2) is 6.44. The van der Waals surface area contributed by atoms with Gasteiger partial charge >= 0.3 is 0 Å². The van der Waals surface area contributed by atoms with Crippen LogP contribution in [0.1, 0.15) is 22.8 Å². The van der Waals surface area contributed by atoms with Gasteiger partial charge < -0.3 is 15.2 Å². The molecule has 0 spiro atoms. The Labute approximate surface area is 120 Å². The zero-order valence-electron chi connectivity index (χ0n) is 12.2. The van der Waals surface area contributed by atoms with E-state index in [4.69, 9.17) is 15.2 Å². The minimum Gasteiger partial charge on any atom is -0.497 e. The van der Waals surface area contributed by atoms with Crippen LogP contribution in [0.5, 0.6) is 11.5 Å². The monoisotopic (exact) mass is 271 g/mol. The van der Waals surface area contributed by atoms with E-state index in [0.717, 1.165) is 17.1 Å². The lowest BCUT2D eigenvalue weighted by molar-refractivity contribution is 0.212. The molecular weight excluding hydrogens is 250 g/mol. The fraction of sp³-hybridized carbons (Fsp3) is 0.294. The molecule has 0 bridgehead atoms.